The number of carboxylic acids is 1. The first kappa shape index (κ1) is 12.0. The van der Waals surface area contributed by atoms with E-state index in [0.717, 1.165) is 25.9 Å². The third-order valence-corrected chi connectivity index (χ3v) is 2.41. The minimum atomic E-state index is -1.04. The molecule has 15 heavy (non-hydrogen) atoms. The Bertz CT molecular complexity index is 221. The van der Waals surface area contributed by atoms with Crippen LogP contribution in [0.2, 0.25) is 0 Å². The maximum Gasteiger partial charge on any atom is 0.329 e. The molecule has 0 aromatic carbocycles. The Morgan fingerprint density at radius 2 is 1.67 bits per heavy atom. The van der Waals surface area contributed by atoms with Crippen LogP contribution in [0.25, 0.3) is 0 Å². The predicted molar refractivity (Wildman–Crippen MR) is 53.5 cm³/mol. The Hall–Kier alpha value is -1.10. The van der Waals surface area contributed by atoms with Gasteiger partial charge in [0.25, 0.3) is 0 Å². The second-order valence-corrected chi connectivity index (χ2v) is 3.68. The van der Waals surface area contributed by atoms with Crippen LogP contribution in [0.4, 0.5) is 0 Å². The third kappa shape index (κ3) is 4.78. The number of ether oxygens (including phenoxy) is 1. The van der Waals surface area contributed by atoms with Crippen molar-refractivity contribution in [3.05, 3.63) is 0 Å². The largest absolute Gasteiger partial charge is 0.480 e. The van der Waals surface area contributed by atoms with E-state index in [4.69, 9.17) is 9.84 Å². The van der Waals surface area contributed by atoms with Crippen molar-refractivity contribution in [2.75, 3.05) is 26.3 Å². The number of amides is 1. The summed E-state index contributed by atoms with van der Waals surface area (Å²) in [6, 6.07) is 0. The molecule has 0 spiro atoms. The Balaban J connectivity index is 2.22. The molecule has 0 unspecified atom stereocenters. The minimum Gasteiger partial charge on any atom is -0.480 e. The highest BCUT2D eigenvalue weighted by Gasteiger charge is 2.15. The Morgan fingerprint density at radius 1 is 1.07 bits per heavy atom. The number of carbonyl (C=O) groups is 2. The van der Waals surface area contributed by atoms with Crippen molar-refractivity contribution in [3.8, 4) is 0 Å². The molecule has 5 heteroatoms. The van der Waals surface area contributed by atoms with Gasteiger partial charge in [0.1, 0.15) is 13.2 Å². The predicted octanol–water partition coefficient (Wildman–Crippen LogP) is 0.490. The summed E-state index contributed by atoms with van der Waals surface area (Å²) >= 11 is 0. The van der Waals surface area contributed by atoms with Crippen molar-refractivity contribution in [3.63, 3.8) is 0 Å². The summed E-state index contributed by atoms with van der Waals surface area (Å²) in [7, 11) is 0. The van der Waals surface area contributed by atoms with Crippen molar-refractivity contribution >= 4 is 11.9 Å². The summed E-state index contributed by atoms with van der Waals surface area (Å²) in [5.74, 6) is -1.14. The lowest BCUT2D eigenvalue weighted by Gasteiger charge is -2.19. The molecule has 1 saturated heterocycles. The van der Waals surface area contributed by atoms with Gasteiger partial charge in [0.15, 0.2) is 0 Å². The van der Waals surface area contributed by atoms with E-state index < -0.39 is 12.6 Å². The normalized spacial score (nSPS) is 17.2. The molecule has 1 rings (SSSR count). The van der Waals surface area contributed by atoms with Gasteiger partial charge in [-0.1, -0.05) is 12.8 Å². The molecule has 0 aromatic rings. The summed E-state index contributed by atoms with van der Waals surface area (Å²) in [6.45, 7) is 1.02. The van der Waals surface area contributed by atoms with E-state index in [-0.39, 0.29) is 12.5 Å². The Kier molecular flexibility index (Phi) is 5.10. The van der Waals surface area contributed by atoms with Gasteiger partial charge in [-0.25, -0.2) is 4.79 Å². The van der Waals surface area contributed by atoms with Crippen LogP contribution in [0.15, 0.2) is 0 Å². The van der Waals surface area contributed by atoms with Crippen molar-refractivity contribution in [2.45, 2.75) is 25.7 Å². The standard InChI is InChI=1S/C10H17NO4/c12-9(7-15-8-10(13)14)11-5-3-1-2-4-6-11/h1-8H2,(H,13,14). The maximum atomic E-state index is 11.5. The number of nitrogens with zero attached hydrogens (tertiary/aromatic N) is 1. The molecule has 0 atom stereocenters. The SMILES string of the molecule is O=C(O)COCC(=O)N1CCCCCC1. The lowest BCUT2D eigenvalue weighted by molar-refractivity contribution is -0.145. The Morgan fingerprint density at radius 3 is 2.20 bits per heavy atom. The zero-order valence-electron chi connectivity index (χ0n) is 8.78. The molecule has 0 bridgehead atoms. The number of aliphatic carboxylic acids is 1. The first-order chi connectivity index (χ1) is 7.20. The monoisotopic (exact) mass is 215 g/mol. The molecule has 1 aliphatic rings. The van der Waals surface area contributed by atoms with Gasteiger partial charge in [0.05, 0.1) is 0 Å². The molecule has 0 aliphatic carbocycles. The Labute approximate surface area is 89.0 Å². The van der Waals surface area contributed by atoms with Crippen LogP contribution in [-0.2, 0) is 14.3 Å². The van der Waals surface area contributed by atoms with Gasteiger partial charge in [0.2, 0.25) is 5.91 Å². The zero-order valence-corrected chi connectivity index (χ0v) is 8.78. The average Bonchev–Trinajstić information content (AvgIpc) is 2.44. The molecular weight excluding hydrogens is 198 g/mol. The quantitative estimate of drug-likeness (QED) is 0.741. The molecule has 86 valence electrons. The van der Waals surface area contributed by atoms with Crippen molar-refractivity contribution in [1.29, 1.82) is 0 Å². The molecule has 1 fully saturated rings. The van der Waals surface area contributed by atoms with Gasteiger partial charge in [-0.3, -0.25) is 4.79 Å². The molecule has 5 nitrogen and oxygen atoms in total. The molecule has 0 aromatic heterocycles. The number of carboxylic acid groups (broad SMARTS) is 1. The highest BCUT2D eigenvalue weighted by atomic mass is 16.5. The summed E-state index contributed by atoms with van der Waals surface area (Å²) < 4.78 is 4.76. The summed E-state index contributed by atoms with van der Waals surface area (Å²) in [6.07, 6.45) is 4.40. The van der Waals surface area contributed by atoms with Crippen LogP contribution in [0.5, 0.6) is 0 Å². The number of hydrogen-bond donors (Lipinski definition) is 1. The number of carbonyl (C=O) groups excluding carboxylic acids is 1. The fourth-order valence-corrected chi connectivity index (χ4v) is 1.64. The van der Waals surface area contributed by atoms with E-state index >= 15 is 0 Å². The lowest BCUT2D eigenvalue weighted by Crippen LogP contribution is -2.35. The molecule has 1 N–H and O–H groups in total. The van der Waals surface area contributed by atoms with E-state index in [0.29, 0.717) is 0 Å². The maximum absolute atomic E-state index is 11.5. The number of rotatable bonds is 4. The average molecular weight is 215 g/mol. The van der Waals surface area contributed by atoms with Gasteiger partial charge < -0.3 is 14.7 Å². The smallest absolute Gasteiger partial charge is 0.329 e. The first-order valence-electron chi connectivity index (χ1n) is 5.27. The second-order valence-electron chi connectivity index (χ2n) is 3.68. The second kappa shape index (κ2) is 6.40. The van der Waals surface area contributed by atoms with Crippen LogP contribution < -0.4 is 0 Å². The summed E-state index contributed by atoms with van der Waals surface area (Å²) in [5, 5.41) is 8.33. The topological polar surface area (TPSA) is 66.8 Å². The van der Waals surface area contributed by atoms with Crippen LogP contribution in [0, 0.1) is 0 Å². The number of hydrogen-bond acceptors (Lipinski definition) is 3. The van der Waals surface area contributed by atoms with Crippen molar-refractivity contribution in [1.82, 2.24) is 4.90 Å². The van der Waals surface area contributed by atoms with E-state index in [9.17, 15) is 9.59 Å². The fraction of sp³-hybridized carbons (Fsp3) is 0.800. The molecule has 1 amide bonds. The van der Waals surface area contributed by atoms with Crippen molar-refractivity contribution in [2.24, 2.45) is 0 Å². The molecule has 1 heterocycles. The lowest BCUT2D eigenvalue weighted by atomic mass is 10.2. The van der Waals surface area contributed by atoms with Gasteiger partial charge in [-0.05, 0) is 12.8 Å². The van der Waals surface area contributed by atoms with Crippen molar-refractivity contribution < 1.29 is 19.4 Å². The molecule has 0 saturated carbocycles. The molecule has 0 radical (unpaired) electrons. The van der Waals surface area contributed by atoms with Gasteiger partial charge in [0, 0.05) is 13.1 Å². The molecular formula is C10H17NO4. The molecule has 1 aliphatic heterocycles. The van der Waals surface area contributed by atoms with E-state index in [2.05, 4.69) is 0 Å². The van der Waals surface area contributed by atoms with E-state index in [1.165, 1.54) is 12.8 Å². The van der Waals surface area contributed by atoms with Crippen LogP contribution in [0.1, 0.15) is 25.7 Å². The first-order valence-corrected chi connectivity index (χ1v) is 5.27. The zero-order chi connectivity index (χ0) is 11.1. The van der Waals surface area contributed by atoms with Gasteiger partial charge >= 0.3 is 5.97 Å². The summed E-state index contributed by atoms with van der Waals surface area (Å²) in [4.78, 5) is 23.5. The van der Waals surface area contributed by atoms with E-state index in [1.54, 1.807) is 4.90 Å². The van der Waals surface area contributed by atoms with Crippen LogP contribution in [-0.4, -0.2) is 48.2 Å². The summed E-state index contributed by atoms with van der Waals surface area (Å²) in [5.41, 5.74) is 0. The highest BCUT2D eigenvalue weighted by molar-refractivity contribution is 5.78. The van der Waals surface area contributed by atoms with Gasteiger partial charge in [-0.15, -0.1) is 0 Å². The van der Waals surface area contributed by atoms with E-state index in [1.807, 2.05) is 0 Å². The fourth-order valence-electron chi connectivity index (χ4n) is 1.64. The van der Waals surface area contributed by atoms with Crippen LogP contribution >= 0.6 is 0 Å². The highest BCUT2D eigenvalue weighted by Crippen LogP contribution is 2.09. The van der Waals surface area contributed by atoms with Gasteiger partial charge in [-0.2, -0.15) is 0 Å². The number of likely N-dealkylation sites (tertiary alicyclic amines) is 1. The van der Waals surface area contributed by atoms with Crippen LogP contribution in [0.3, 0.4) is 0 Å². The minimum absolute atomic E-state index is 0.0989. The third-order valence-electron chi connectivity index (χ3n) is 2.41.